The molecular formula is C27H34N3O17P. The van der Waals surface area contributed by atoms with Crippen LogP contribution >= 0.6 is 7.60 Å². The van der Waals surface area contributed by atoms with E-state index in [1.165, 1.54) is 0 Å². The highest BCUT2D eigenvalue weighted by Crippen LogP contribution is 3.00. The maximum Gasteiger partial charge on any atom is 0.403 e. The number of benzene rings is 1. The van der Waals surface area contributed by atoms with Gasteiger partial charge in [0.25, 0.3) is 0 Å². The van der Waals surface area contributed by atoms with Crippen molar-refractivity contribution >= 4 is 37.4 Å². The summed E-state index contributed by atoms with van der Waals surface area (Å²) >= 11 is 0. The fourth-order valence-corrected chi connectivity index (χ4v) is 7.13. The molecule has 5 aliphatic heterocycles. The van der Waals surface area contributed by atoms with Crippen LogP contribution in [0.25, 0.3) is 0 Å². The van der Waals surface area contributed by atoms with Gasteiger partial charge in [0.1, 0.15) is 6.04 Å². The van der Waals surface area contributed by atoms with Crippen LogP contribution < -0.4 is 11.0 Å². The molecule has 264 valence electrons. The van der Waals surface area contributed by atoms with Crippen molar-refractivity contribution in [1.29, 1.82) is 0 Å². The van der Waals surface area contributed by atoms with E-state index in [0.717, 1.165) is 5.56 Å². The van der Waals surface area contributed by atoms with E-state index in [1.807, 2.05) is 30.3 Å². The van der Waals surface area contributed by atoms with Gasteiger partial charge in [0.05, 0.1) is 44.2 Å². The largest absolute Gasteiger partial charge is 0.481 e. The van der Waals surface area contributed by atoms with Crippen LogP contribution in [0.3, 0.4) is 0 Å². The highest BCUT2D eigenvalue weighted by atomic mass is 31.2. The number of unbranched alkanes of at least 4 members (excludes halogenated alkanes) is 1. The van der Waals surface area contributed by atoms with Crippen molar-refractivity contribution < 1.29 is 82.0 Å². The minimum absolute atomic E-state index is 0.0508. The predicted octanol–water partition coefficient (Wildman–Crippen LogP) is 1.17. The summed E-state index contributed by atoms with van der Waals surface area (Å²) in [6.45, 7) is -0.139. The molecule has 0 amide bonds. The topological polar surface area (TPSA) is 260 Å². The van der Waals surface area contributed by atoms with Crippen molar-refractivity contribution in [2.75, 3.05) is 19.7 Å². The number of carboxylic acid groups (broad SMARTS) is 1. The first-order valence-electron chi connectivity index (χ1n) is 15.0. The third kappa shape index (κ3) is 7.84. The lowest BCUT2D eigenvalue weighted by atomic mass is 9.74. The highest BCUT2D eigenvalue weighted by molar-refractivity contribution is 7.68. The SMILES string of the molecule is O=C(O)CCC(=O)ONC(CC12CC(=O)ON(CCCNOC1=O)OC(=O)C2)C(OO)(OOCCCCc1ccccc1)C12OP1(=O)O2. The number of nitrogens with one attached hydrogen (secondary N) is 2. The molecule has 5 saturated heterocycles. The van der Waals surface area contributed by atoms with E-state index in [-0.39, 0.29) is 26.1 Å². The fourth-order valence-electron chi connectivity index (χ4n) is 5.28. The highest BCUT2D eigenvalue weighted by Gasteiger charge is 3.02. The average Bonchev–Trinajstić information content (AvgIpc) is 3.86. The Morgan fingerprint density at radius 2 is 1.77 bits per heavy atom. The Hall–Kier alpha value is -3.56. The van der Waals surface area contributed by atoms with E-state index in [1.54, 1.807) is 0 Å². The van der Waals surface area contributed by atoms with Crippen LogP contribution in [0.1, 0.15) is 56.9 Å². The fraction of sp³-hybridized carbons (Fsp3) is 0.593. The van der Waals surface area contributed by atoms with E-state index >= 15 is 0 Å². The molecule has 5 fully saturated rings. The molecular weight excluding hydrogens is 669 g/mol. The van der Waals surface area contributed by atoms with Crippen LogP contribution in [0.4, 0.5) is 0 Å². The molecule has 21 heteroatoms. The van der Waals surface area contributed by atoms with Crippen LogP contribution in [0.15, 0.2) is 30.3 Å². The van der Waals surface area contributed by atoms with Gasteiger partial charge in [0.15, 0.2) is 0 Å². The quantitative estimate of drug-likeness (QED) is 0.0443. The zero-order chi connectivity index (χ0) is 34.4. The lowest BCUT2D eigenvalue weighted by Crippen LogP contribution is -2.63. The maximum absolute atomic E-state index is 13.6. The number of carbonyl (C=O) groups excluding carboxylic acids is 4. The van der Waals surface area contributed by atoms with E-state index in [4.69, 9.17) is 48.2 Å². The van der Waals surface area contributed by atoms with Gasteiger partial charge in [-0.2, -0.15) is 15.3 Å². The van der Waals surface area contributed by atoms with Crippen LogP contribution in [0.2, 0.25) is 0 Å². The van der Waals surface area contributed by atoms with Crippen LogP contribution in [0, 0.1) is 5.41 Å². The molecule has 1 aromatic carbocycles. The lowest BCUT2D eigenvalue weighted by Gasteiger charge is -2.39. The van der Waals surface area contributed by atoms with Gasteiger partial charge in [-0.15, -0.1) is 5.48 Å². The molecule has 0 aliphatic carbocycles. The van der Waals surface area contributed by atoms with Gasteiger partial charge in [0, 0.05) is 11.8 Å². The van der Waals surface area contributed by atoms with E-state index in [9.17, 15) is 33.8 Å². The maximum atomic E-state index is 13.6. The second kappa shape index (κ2) is 14.9. The molecule has 0 saturated carbocycles. The number of hydrogen-bond acceptors (Lipinski definition) is 19. The number of carboxylic acids is 1. The zero-order valence-electron chi connectivity index (χ0n) is 25.4. The molecule has 6 rings (SSSR count). The minimum Gasteiger partial charge on any atom is -0.481 e. The summed E-state index contributed by atoms with van der Waals surface area (Å²) in [6.07, 6.45) is -1.85. The minimum atomic E-state index is -3.94. The first-order chi connectivity index (χ1) is 23.0. The Bertz CT molecular complexity index is 1400. The Labute approximate surface area is 271 Å². The monoisotopic (exact) mass is 703 g/mol. The molecule has 2 unspecified atom stereocenters. The Kier molecular flexibility index (Phi) is 11.1. The summed E-state index contributed by atoms with van der Waals surface area (Å²) in [7, 11) is -3.94. The summed E-state index contributed by atoms with van der Waals surface area (Å²) in [5, 5.41) is 19.9. The summed E-state index contributed by atoms with van der Waals surface area (Å²) in [5.41, 5.74) is 1.14. The number of hydrogen-bond donors (Lipinski definition) is 4. The molecule has 48 heavy (non-hydrogen) atoms. The predicted molar refractivity (Wildman–Crippen MR) is 149 cm³/mol. The number of carbonyl (C=O) groups is 5. The molecule has 5 heterocycles. The van der Waals surface area contributed by atoms with E-state index < -0.39 is 92.3 Å². The van der Waals surface area contributed by atoms with Gasteiger partial charge in [-0.05, 0) is 37.7 Å². The van der Waals surface area contributed by atoms with Crippen LogP contribution in [-0.2, 0) is 78.0 Å². The number of aryl methyl sites for hydroxylation is 1. The molecule has 2 bridgehead atoms. The molecule has 0 aromatic heterocycles. The molecule has 2 atom stereocenters. The Morgan fingerprint density at radius 3 is 2.40 bits per heavy atom. The van der Waals surface area contributed by atoms with E-state index in [0.29, 0.717) is 24.5 Å². The van der Waals surface area contributed by atoms with Crippen molar-refractivity contribution in [3.8, 4) is 0 Å². The van der Waals surface area contributed by atoms with Gasteiger partial charge >= 0.3 is 48.8 Å². The normalized spacial score (nSPS) is 29.9. The van der Waals surface area contributed by atoms with Gasteiger partial charge in [-0.25, -0.2) is 14.9 Å². The molecule has 0 radical (unpaired) electrons. The zero-order valence-corrected chi connectivity index (χ0v) is 26.3. The van der Waals surface area contributed by atoms with Gasteiger partial charge in [-0.3, -0.25) is 32.8 Å². The van der Waals surface area contributed by atoms with Crippen molar-refractivity contribution in [3.05, 3.63) is 35.9 Å². The number of hydroxylamine groups is 4. The first-order valence-corrected chi connectivity index (χ1v) is 16.5. The van der Waals surface area contributed by atoms with Crippen LogP contribution in [0.5, 0.6) is 0 Å². The first kappa shape index (κ1) is 35.7. The molecule has 4 N–H and O–H groups in total. The van der Waals surface area contributed by atoms with Crippen molar-refractivity contribution in [3.63, 3.8) is 0 Å². The van der Waals surface area contributed by atoms with Gasteiger partial charge in [-0.1, -0.05) is 30.3 Å². The molecule has 1 aromatic rings. The number of fused-ring (bicyclic) bond motifs is 10. The smallest absolute Gasteiger partial charge is 0.403 e. The van der Waals surface area contributed by atoms with Crippen LogP contribution in [-0.4, -0.2) is 82.5 Å². The Balaban J connectivity index is 1.42. The summed E-state index contributed by atoms with van der Waals surface area (Å²) in [6, 6.07) is 7.64. The van der Waals surface area contributed by atoms with Crippen molar-refractivity contribution in [2.24, 2.45) is 5.41 Å². The van der Waals surface area contributed by atoms with Crippen molar-refractivity contribution in [2.45, 2.75) is 75.1 Å². The lowest BCUT2D eigenvalue weighted by molar-refractivity contribution is -0.530. The number of rotatable bonds is 17. The van der Waals surface area contributed by atoms with E-state index in [2.05, 4.69) is 11.0 Å². The molecule has 5 aliphatic rings. The average molecular weight is 704 g/mol. The molecule has 0 spiro atoms. The number of aliphatic carboxylic acids is 1. The van der Waals surface area contributed by atoms with Gasteiger partial charge < -0.3 is 24.5 Å². The second-order valence-corrected chi connectivity index (χ2v) is 13.3. The standard InChI is InChI=1S/C27H34N3O17P/c31-20(32)10-11-21(33)40-29-19(15-25-16-22(34)42-30(43-23(35)17-25)13-6-12-28-41-24(25)36)26(44-37,27-46-48(27,38)47-27)45-39-14-5-4-9-18-7-2-1-3-8-18/h1-3,7-8,19,28-29,37H,4-6,9-17H2,(H,31,32). The summed E-state index contributed by atoms with van der Waals surface area (Å²) < 4.78 is 23.2. The second-order valence-electron chi connectivity index (χ2n) is 11.4. The third-order valence-electron chi connectivity index (χ3n) is 7.83. The Morgan fingerprint density at radius 1 is 1.08 bits per heavy atom. The van der Waals surface area contributed by atoms with Crippen molar-refractivity contribution in [1.82, 2.24) is 16.2 Å². The summed E-state index contributed by atoms with van der Waals surface area (Å²) in [4.78, 5) is 98.9. The molecule has 20 nitrogen and oxygen atoms in total. The summed E-state index contributed by atoms with van der Waals surface area (Å²) in [5.74, 6) is -8.57. The number of nitrogens with zero attached hydrogens (tertiary/aromatic N) is 1. The van der Waals surface area contributed by atoms with Gasteiger partial charge in [0.2, 0.25) is 0 Å². The third-order valence-corrected chi connectivity index (χ3v) is 9.71.